The molecule has 0 heterocycles. The van der Waals surface area contributed by atoms with Crippen molar-refractivity contribution in [3.8, 4) is 11.5 Å². The Hall–Kier alpha value is -1.95. The van der Waals surface area contributed by atoms with Gasteiger partial charge in [0.25, 0.3) is 0 Å². The Kier molecular flexibility index (Phi) is 5.95. The lowest BCUT2D eigenvalue weighted by Gasteiger charge is -2.15. The topological polar surface area (TPSA) is 88.0 Å². The minimum Gasteiger partial charge on any atom is -0.497 e. The molecule has 1 aromatic rings. The summed E-state index contributed by atoms with van der Waals surface area (Å²) < 4.78 is 10.3. The molecule has 0 saturated carbocycles. The number of hydrogen-bond donors (Lipinski definition) is 3. The second kappa shape index (κ2) is 7.48. The molecule has 1 atom stereocenters. The first kappa shape index (κ1) is 15.1. The molecule has 1 aromatic carbocycles. The third-order valence-electron chi connectivity index (χ3n) is 2.63. The van der Waals surface area contributed by atoms with Gasteiger partial charge < -0.3 is 25.0 Å². The number of rotatable bonds is 8. The van der Waals surface area contributed by atoms with Gasteiger partial charge in [-0.15, -0.1) is 0 Å². The van der Waals surface area contributed by atoms with Gasteiger partial charge in [0.05, 0.1) is 26.0 Å². The van der Waals surface area contributed by atoms with Crippen LogP contribution in [0.4, 0.5) is 5.69 Å². The zero-order valence-electron chi connectivity index (χ0n) is 11.0. The van der Waals surface area contributed by atoms with Crippen molar-refractivity contribution in [2.24, 2.45) is 0 Å². The highest BCUT2D eigenvalue weighted by atomic mass is 16.5. The molecular formula is C13H19NO5. The van der Waals surface area contributed by atoms with Crippen LogP contribution in [0.2, 0.25) is 0 Å². The molecule has 6 nitrogen and oxygen atoms in total. The standard InChI is InChI=1S/C13H19NO5/c1-18-10-4-5-11(12(7-10)19-2)14-8-9(15)3-6-13(16)17/h4-5,7,9,14-15H,3,6,8H2,1-2H3,(H,16,17). The molecule has 106 valence electrons. The summed E-state index contributed by atoms with van der Waals surface area (Å²) in [5.41, 5.74) is 0.720. The summed E-state index contributed by atoms with van der Waals surface area (Å²) >= 11 is 0. The van der Waals surface area contributed by atoms with Crippen molar-refractivity contribution < 1.29 is 24.5 Å². The van der Waals surface area contributed by atoms with Crippen LogP contribution >= 0.6 is 0 Å². The van der Waals surface area contributed by atoms with Crippen LogP contribution in [0.5, 0.6) is 11.5 Å². The van der Waals surface area contributed by atoms with Crippen molar-refractivity contribution in [2.75, 3.05) is 26.1 Å². The van der Waals surface area contributed by atoms with E-state index < -0.39 is 12.1 Å². The van der Waals surface area contributed by atoms with Crippen LogP contribution in [0.25, 0.3) is 0 Å². The van der Waals surface area contributed by atoms with Crippen molar-refractivity contribution in [2.45, 2.75) is 18.9 Å². The highest BCUT2D eigenvalue weighted by molar-refractivity contribution is 5.66. The normalized spacial score (nSPS) is 11.7. The van der Waals surface area contributed by atoms with E-state index in [1.165, 1.54) is 0 Å². The van der Waals surface area contributed by atoms with Gasteiger partial charge in [0.2, 0.25) is 0 Å². The molecule has 0 aromatic heterocycles. The second-order valence-electron chi connectivity index (χ2n) is 4.03. The third-order valence-corrected chi connectivity index (χ3v) is 2.63. The largest absolute Gasteiger partial charge is 0.497 e. The van der Waals surface area contributed by atoms with E-state index in [0.29, 0.717) is 11.5 Å². The fourth-order valence-electron chi connectivity index (χ4n) is 1.56. The summed E-state index contributed by atoms with van der Waals surface area (Å²) in [6, 6.07) is 5.28. The Bertz CT molecular complexity index is 421. The number of nitrogens with one attached hydrogen (secondary N) is 1. The minimum absolute atomic E-state index is 0.0530. The van der Waals surface area contributed by atoms with Crippen LogP contribution in [-0.2, 0) is 4.79 Å². The number of aliphatic hydroxyl groups excluding tert-OH is 1. The van der Waals surface area contributed by atoms with E-state index in [9.17, 15) is 9.90 Å². The van der Waals surface area contributed by atoms with Gasteiger partial charge in [-0.1, -0.05) is 0 Å². The molecule has 0 bridgehead atoms. The first-order valence-electron chi connectivity index (χ1n) is 5.92. The van der Waals surface area contributed by atoms with Crippen LogP contribution in [0.1, 0.15) is 12.8 Å². The van der Waals surface area contributed by atoms with Crippen LogP contribution in [-0.4, -0.2) is 43.1 Å². The molecule has 3 N–H and O–H groups in total. The number of anilines is 1. The Morgan fingerprint density at radius 1 is 1.37 bits per heavy atom. The minimum atomic E-state index is -0.916. The smallest absolute Gasteiger partial charge is 0.303 e. The number of carboxylic acid groups (broad SMARTS) is 1. The van der Waals surface area contributed by atoms with Crippen molar-refractivity contribution in [3.05, 3.63) is 18.2 Å². The first-order chi connectivity index (χ1) is 9.06. The maximum atomic E-state index is 10.4. The average Bonchev–Trinajstić information content (AvgIpc) is 2.42. The van der Waals surface area contributed by atoms with Gasteiger partial charge in [-0.25, -0.2) is 0 Å². The lowest BCUT2D eigenvalue weighted by Crippen LogP contribution is -2.20. The van der Waals surface area contributed by atoms with Crippen molar-refractivity contribution >= 4 is 11.7 Å². The lowest BCUT2D eigenvalue weighted by atomic mass is 10.2. The maximum absolute atomic E-state index is 10.4. The molecule has 6 heteroatoms. The molecule has 0 saturated heterocycles. The van der Waals surface area contributed by atoms with E-state index in [2.05, 4.69) is 5.32 Å². The Balaban J connectivity index is 2.54. The monoisotopic (exact) mass is 269 g/mol. The SMILES string of the molecule is COc1ccc(NCC(O)CCC(=O)O)c(OC)c1. The van der Waals surface area contributed by atoms with Gasteiger partial charge in [-0.05, 0) is 18.6 Å². The van der Waals surface area contributed by atoms with Crippen molar-refractivity contribution in [3.63, 3.8) is 0 Å². The van der Waals surface area contributed by atoms with E-state index in [4.69, 9.17) is 14.6 Å². The lowest BCUT2D eigenvalue weighted by molar-refractivity contribution is -0.137. The molecule has 0 fully saturated rings. The molecule has 0 aliphatic rings. The number of carboxylic acids is 1. The number of aliphatic hydroxyl groups is 1. The summed E-state index contributed by atoms with van der Waals surface area (Å²) in [4.78, 5) is 10.4. The molecule has 0 aliphatic heterocycles. The summed E-state index contributed by atoms with van der Waals surface area (Å²) in [5.74, 6) is 0.361. The average molecular weight is 269 g/mol. The van der Waals surface area contributed by atoms with Crippen molar-refractivity contribution in [1.29, 1.82) is 0 Å². The van der Waals surface area contributed by atoms with Gasteiger partial charge in [-0.2, -0.15) is 0 Å². The van der Waals surface area contributed by atoms with Gasteiger partial charge in [0, 0.05) is 19.0 Å². The molecule has 0 radical (unpaired) electrons. The van der Waals surface area contributed by atoms with Gasteiger partial charge in [0.1, 0.15) is 11.5 Å². The van der Waals surface area contributed by atoms with Crippen LogP contribution in [0, 0.1) is 0 Å². The van der Waals surface area contributed by atoms with Gasteiger partial charge in [0.15, 0.2) is 0 Å². The summed E-state index contributed by atoms with van der Waals surface area (Å²) in [5, 5.41) is 21.2. The highest BCUT2D eigenvalue weighted by Crippen LogP contribution is 2.28. The van der Waals surface area contributed by atoms with Crippen LogP contribution < -0.4 is 14.8 Å². The predicted octanol–water partition coefficient (Wildman–Crippen LogP) is 1.34. The fraction of sp³-hybridized carbons (Fsp3) is 0.462. The molecular weight excluding hydrogens is 250 g/mol. The zero-order valence-corrected chi connectivity index (χ0v) is 11.0. The molecule has 0 amide bonds. The number of ether oxygens (including phenoxy) is 2. The quantitative estimate of drug-likeness (QED) is 0.660. The van der Waals surface area contributed by atoms with E-state index in [1.807, 2.05) is 0 Å². The van der Waals surface area contributed by atoms with Crippen LogP contribution in [0.3, 0.4) is 0 Å². The van der Waals surface area contributed by atoms with Crippen LogP contribution in [0.15, 0.2) is 18.2 Å². The molecule has 0 spiro atoms. The highest BCUT2D eigenvalue weighted by Gasteiger charge is 2.09. The van der Waals surface area contributed by atoms with Gasteiger partial charge >= 0.3 is 5.97 Å². The number of carbonyl (C=O) groups is 1. The third kappa shape index (κ3) is 5.05. The number of methoxy groups -OCH3 is 2. The summed E-state index contributed by atoms with van der Waals surface area (Å²) in [6.45, 7) is 0.260. The molecule has 0 aliphatic carbocycles. The fourth-order valence-corrected chi connectivity index (χ4v) is 1.56. The Morgan fingerprint density at radius 2 is 2.11 bits per heavy atom. The summed E-state index contributed by atoms with van der Waals surface area (Å²) in [6.07, 6.45) is -0.563. The number of aliphatic carboxylic acids is 1. The van der Waals surface area contributed by atoms with Crippen molar-refractivity contribution in [1.82, 2.24) is 0 Å². The van der Waals surface area contributed by atoms with E-state index in [-0.39, 0.29) is 19.4 Å². The molecule has 1 rings (SSSR count). The maximum Gasteiger partial charge on any atom is 0.303 e. The predicted molar refractivity (Wildman–Crippen MR) is 70.9 cm³/mol. The number of benzene rings is 1. The van der Waals surface area contributed by atoms with Gasteiger partial charge in [-0.3, -0.25) is 4.79 Å². The Labute approximate surface area is 112 Å². The Morgan fingerprint density at radius 3 is 2.68 bits per heavy atom. The second-order valence-corrected chi connectivity index (χ2v) is 4.03. The van der Waals surface area contributed by atoms with E-state index in [0.717, 1.165) is 5.69 Å². The molecule has 1 unspecified atom stereocenters. The summed E-state index contributed by atoms with van der Waals surface area (Å²) in [7, 11) is 3.11. The zero-order chi connectivity index (χ0) is 14.3. The van der Waals surface area contributed by atoms with E-state index in [1.54, 1.807) is 32.4 Å². The molecule has 19 heavy (non-hydrogen) atoms. The number of hydrogen-bond acceptors (Lipinski definition) is 5. The first-order valence-corrected chi connectivity index (χ1v) is 5.92. The van der Waals surface area contributed by atoms with E-state index >= 15 is 0 Å².